The van der Waals surface area contributed by atoms with Crippen LogP contribution in [0.1, 0.15) is 0 Å². The minimum atomic E-state index is 0.614. The van der Waals surface area contributed by atoms with E-state index in [4.69, 9.17) is 19.4 Å². The van der Waals surface area contributed by atoms with Crippen LogP contribution in [0, 0.1) is 0 Å². The second-order valence-corrected chi connectivity index (χ2v) is 12.0. The number of hydrogen-bond donors (Lipinski definition) is 0. The van der Waals surface area contributed by atoms with Crippen molar-refractivity contribution in [1.29, 1.82) is 0 Å². The minimum Gasteiger partial charge on any atom is -0.455 e. The number of furan rings is 1. The molecular formula is C45H29N3O. The number of hydrogen-bond acceptors (Lipinski definition) is 4. The van der Waals surface area contributed by atoms with Gasteiger partial charge in [0.1, 0.15) is 11.2 Å². The third kappa shape index (κ3) is 5.35. The highest BCUT2D eigenvalue weighted by Gasteiger charge is 2.17. The Bertz CT molecular complexity index is 2570. The number of benzene rings is 7. The van der Waals surface area contributed by atoms with Crippen LogP contribution < -0.4 is 0 Å². The Kier molecular flexibility index (Phi) is 7.10. The lowest BCUT2D eigenvalue weighted by Gasteiger charge is -2.12. The lowest BCUT2D eigenvalue weighted by Crippen LogP contribution is -2.01. The van der Waals surface area contributed by atoms with E-state index in [1.807, 2.05) is 36.4 Å². The van der Waals surface area contributed by atoms with Gasteiger partial charge in [-0.1, -0.05) is 170 Å². The summed E-state index contributed by atoms with van der Waals surface area (Å²) in [5.41, 5.74) is 11.2. The molecule has 0 saturated carbocycles. The third-order valence-electron chi connectivity index (χ3n) is 9.00. The molecule has 0 N–H and O–H groups in total. The number of nitrogens with zero attached hydrogens (tertiary/aromatic N) is 3. The van der Waals surface area contributed by atoms with Crippen molar-refractivity contribution in [2.75, 3.05) is 0 Å². The van der Waals surface area contributed by atoms with Gasteiger partial charge in [-0.3, -0.25) is 0 Å². The molecule has 9 rings (SSSR count). The van der Waals surface area contributed by atoms with Crippen molar-refractivity contribution in [3.8, 4) is 67.5 Å². The molecule has 49 heavy (non-hydrogen) atoms. The molecule has 0 radical (unpaired) electrons. The molecule has 4 nitrogen and oxygen atoms in total. The normalized spacial score (nSPS) is 11.3. The fourth-order valence-corrected chi connectivity index (χ4v) is 6.52. The average Bonchev–Trinajstić information content (AvgIpc) is 3.58. The number of aromatic nitrogens is 3. The van der Waals surface area contributed by atoms with Gasteiger partial charge in [0.05, 0.1) is 0 Å². The first kappa shape index (κ1) is 28.6. The molecule has 2 heterocycles. The van der Waals surface area contributed by atoms with Crippen LogP contribution in [-0.2, 0) is 0 Å². The fraction of sp³-hybridized carbons (Fsp3) is 0. The minimum absolute atomic E-state index is 0.614. The first-order valence-electron chi connectivity index (χ1n) is 16.4. The standard InChI is InChI=1S/C45H29N3O/c1-3-12-30(13-4-1)31-22-26-34(27-23-31)43-46-44(48-45(47-43)40-18-8-7-16-36(40)32-14-5-2-6-15-32)35-28-24-33(25-29-35)37-19-11-20-39-38-17-9-10-21-41(38)49-42(37)39/h1-29H. The third-order valence-corrected chi connectivity index (χ3v) is 9.00. The van der Waals surface area contributed by atoms with Gasteiger partial charge in [-0.15, -0.1) is 0 Å². The highest BCUT2D eigenvalue weighted by atomic mass is 16.3. The molecule has 0 unspecified atom stereocenters. The van der Waals surface area contributed by atoms with Crippen LogP contribution in [0.5, 0.6) is 0 Å². The Morgan fingerprint density at radius 1 is 0.286 bits per heavy atom. The molecule has 9 aromatic rings. The SMILES string of the molecule is c1ccc(-c2ccc(-c3nc(-c4ccc(-c5cccc6c5oc5ccccc56)cc4)nc(-c4ccccc4-c4ccccc4)n3)cc2)cc1. The molecule has 0 aliphatic carbocycles. The smallest absolute Gasteiger partial charge is 0.164 e. The van der Waals surface area contributed by atoms with Gasteiger partial charge in [-0.25, -0.2) is 15.0 Å². The van der Waals surface area contributed by atoms with E-state index in [9.17, 15) is 0 Å². The van der Waals surface area contributed by atoms with Crippen molar-refractivity contribution in [3.05, 3.63) is 176 Å². The van der Waals surface area contributed by atoms with E-state index >= 15 is 0 Å². The zero-order chi connectivity index (χ0) is 32.6. The second kappa shape index (κ2) is 12.2. The molecule has 0 aliphatic heterocycles. The molecule has 0 bridgehead atoms. The maximum atomic E-state index is 6.33. The summed E-state index contributed by atoms with van der Waals surface area (Å²) in [6.07, 6.45) is 0. The highest BCUT2D eigenvalue weighted by molar-refractivity contribution is 6.09. The molecule has 0 aliphatic rings. The molecule has 2 aromatic heterocycles. The zero-order valence-corrected chi connectivity index (χ0v) is 26.5. The monoisotopic (exact) mass is 627 g/mol. The highest BCUT2D eigenvalue weighted by Crippen LogP contribution is 2.37. The number of fused-ring (bicyclic) bond motifs is 3. The summed E-state index contributed by atoms with van der Waals surface area (Å²) in [6, 6.07) is 60.4. The topological polar surface area (TPSA) is 51.8 Å². The van der Waals surface area contributed by atoms with E-state index in [-0.39, 0.29) is 0 Å². The van der Waals surface area contributed by atoms with Gasteiger partial charge in [0.25, 0.3) is 0 Å². The van der Waals surface area contributed by atoms with Gasteiger partial charge in [-0.2, -0.15) is 0 Å². The summed E-state index contributed by atoms with van der Waals surface area (Å²) in [6.45, 7) is 0. The van der Waals surface area contributed by atoms with E-state index in [1.165, 1.54) is 5.56 Å². The van der Waals surface area contributed by atoms with Crippen LogP contribution in [0.4, 0.5) is 0 Å². The Hall–Kier alpha value is -6.65. The van der Waals surface area contributed by atoms with Crippen LogP contribution in [0.3, 0.4) is 0 Å². The van der Waals surface area contributed by atoms with Crippen molar-refractivity contribution in [2.45, 2.75) is 0 Å². The average molecular weight is 628 g/mol. The van der Waals surface area contributed by atoms with E-state index < -0.39 is 0 Å². The molecule has 4 heteroatoms. The fourth-order valence-electron chi connectivity index (χ4n) is 6.52. The van der Waals surface area contributed by atoms with Crippen molar-refractivity contribution < 1.29 is 4.42 Å². The van der Waals surface area contributed by atoms with Gasteiger partial charge < -0.3 is 4.42 Å². The molecule has 0 spiro atoms. The first-order valence-corrected chi connectivity index (χ1v) is 16.4. The lowest BCUT2D eigenvalue weighted by molar-refractivity contribution is 0.670. The summed E-state index contributed by atoms with van der Waals surface area (Å²) < 4.78 is 6.33. The van der Waals surface area contributed by atoms with Gasteiger partial charge >= 0.3 is 0 Å². The maximum absolute atomic E-state index is 6.33. The number of rotatable bonds is 6. The van der Waals surface area contributed by atoms with E-state index in [0.717, 1.165) is 66.4 Å². The van der Waals surface area contributed by atoms with Gasteiger partial charge in [0.2, 0.25) is 0 Å². The van der Waals surface area contributed by atoms with Crippen LogP contribution in [0.15, 0.2) is 180 Å². The molecule has 7 aromatic carbocycles. The van der Waals surface area contributed by atoms with Gasteiger partial charge in [-0.05, 0) is 33.9 Å². The van der Waals surface area contributed by atoms with Crippen LogP contribution >= 0.6 is 0 Å². The first-order chi connectivity index (χ1) is 24.3. The van der Waals surface area contributed by atoms with E-state index in [2.05, 4.69) is 140 Å². The summed E-state index contributed by atoms with van der Waals surface area (Å²) in [5, 5.41) is 2.23. The molecule has 0 amide bonds. The van der Waals surface area contributed by atoms with E-state index in [1.54, 1.807) is 0 Å². The quantitative estimate of drug-likeness (QED) is 0.184. The summed E-state index contributed by atoms with van der Waals surface area (Å²) >= 11 is 0. The van der Waals surface area contributed by atoms with Crippen LogP contribution in [-0.4, -0.2) is 15.0 Å². The number of para-hydroxylation sites is 2. The van der Waals surface area contributed by atoms with Crippen LogP contribution in [0.2, 0.25) is 0 Å². The predicted molar refractivity (Wildman–Crippen MR) is 200 cm³/mol. The maximum Gasteiger partial charge on any atom is 0.164 e. The lowest BCUT2D eigenvalue weighted by atomic mass is 9.99. The Morgan fingerprint density at radius 3 is 1.43 bits per heavy atom. The van der Waals surface area contributed by atoms with Crippen molar-refractivity contribution in [3.63, 3.8) is 0 Å². The van der Waals surface area contributed by atoms with Crippen molar-refractivity contribution >= 4 is 21.9 Å². The molecule has 0 saturated heterocycles. The van der Waals surface area contributed by atoms with Crippen molar-refractivity contribution in [1.82, 2.24) is 15.0 Å². The molecular weight excluding hydrogens is 599 g/mol. The largest absolute Gasteiger partial charge is 0.455 e. The second-order valence-electron chi connectivity index (χ2n) is 12.0. The summed E-state index contributed by atoms with van der Waals surface area (Å²) in [4.78, 5) is 15.2. The van der Waals surface area contributed by atoms with Crippen LogP contribution in [0.25, 0.3) is 89.5 Å². The summed E-state index contributed by atoms with van der Waals surface area (Å²) in [5.74, 6) is 1.87. The van der Waals surface area contributed by atoms with Gasteiger partial charge in [0.15, 0.2) is 17.5 Å². The Balaban J connectivity index is 1.16. The Morgan fingerprint density at radius 2 is 0.735 bits per heavy atom. The Labute approximate surface area is 284 Å². The van der Waals surface area contributed by atoms with Gasteiger partial charge in [0, 0.05) is 33.0 Å². The predicted octanol–water partition coefficient (Wildman–Crippen LogP) is 11.8. The van der Waals surface area contributed by atoms with Crippen molar-refractivity contribution in [2.24, 2.45) is 0 Å². The van der Waals surface area contributed by atoms with E-state index in [0.29, 0.717) is 17.5 Å². The molecule has 0 atom stereocenters. The summed E-state index contributed by atoms with van der Waals surface area (Å²) in [7, 11) is 0. The zero-order valence-electron chi connectivity index (χ0n) is 26.5. The molecule has 230 valence electrons. The molecule has 0 fully saturated rings.